The molecule has 0 spiro atoms. The van der Waals surface area contributed by atoms with Gasteiger partial charge in [-0.2, -0.15) is 13.2 Å². The lowest BCUT2D eigenvalue weighted by Crippen LogP contribution is -2.29. The summed E-state index contributed by atoms with van der Waals surface area (Å²) in [5.41, 5.74) is 1.72. The summed E-state index contributed by atoms with van der Waals surface area (Å²) in [7, 11) is -0.714. The number of pyridine rings is 1. The number of anilines is 2. The fourth-order valence-electron chi connectivity index (χ4n) is 3.56. The minimum absolute atomic E-state index is 0.0115. The second kappa shape index (κ2) is 14.7. The van der Waals surface area contributed by atoms with E-state index in [4.69, 9.17) is 21.1 Å². The Balaban J connectivity index is 1.57. The molecule has 1 amide bonds. The predicted octanol–water partition coefficient (Wildman–Crippen LogP) is 4.15. The first-order valence-corrected chi connectivity index (χ1v) is 15.2. The molecule has 234 valence electrons. The van der Waals surface area contributed by atoms with E-state index in [0.29, 0.717) is 40.7 Å². The van der Waals surface area contributed by atoms with Crippen LogP contribution < -0.4 is 24.8 Å². The van der Waals surface area contributed by atoms with Gasteiger partial charge in [-0.1, -0.05) is 29.0 Å². The fraction of sp³-hybridized carbons (Fsp3) is 0.360. The van der Waals surface area contributed by atoms with Gasteiger partial charge in [0, 0.05) is 29.9 Å². The number of nitrogens with zero attached hydrogens (tertiary/aromatic N) is 2. The van der Waals surface area contributed by atoms with Gasteiger partial charge in [0.25, 0.3) is 5.91 Å². The Labute approximate surface area is 254 Å². The molecule has 0 saturated carbocycles. The number of sulfonamides is 1. The summed E-state index contributed by atoms with van der Waals surface area (Å²) < 4.78 is 79.1. The van der Waals surface area contributed by atoms with Crippen LogP contribution in [0.1, 0.15) is 17.7 Å². The van der Waals surface area contributed by atoms with Crippen LogP contribution in [-0.2, 0) is 30.9 Å². The van der Waals surface area contributed by atoms with Crippen molar-refractivity contribution in [2.75, 3.05) is 43.2 Å². The molecule has 2 aromatic heterocycles. The summed E-state index contributed by atoms with van der Waals surface area (Å²) in [6.07, 6.45) is -3.57. The summed E-state index contributed by atoms with van der Waals surface area (Å²) in [5, 5.41) is 5.33. The minimum Gasteiger partial charge on any atom is -0.497 e. The van der Waals surface area contributed by atoms with Crippen molar-refractivity contribution in [2.45, 2.75) is 26.1 Å². The number of amides is 1. The van der Waals surface area contributed by atoms with Crippen molar-refractivity contribution in [1.82, 2.24) is 15.3 Å². The topological polar surface area (TPSA) is 158 Å². The number of methoxy groups -OCH3 is 2. The third kappa shape index (κ3) is 9.94. The number of alkyl halides is 3. The molecule has 0 aliphatic carbocycles. The van der Waals surface area contributed by atoms with Gasteiger partial charge in [0.15, 0.2) is 16.9 Å². The van der Waals surface area contributed by atoms with E-state index < -0.39 is 34.7 Å². The van der Waals surface area contributed by atoms with E-state index in [1.54, 1.807) is 33.3 Å². The first-order valence-electron chi connectivity index (χ1n) is 12.3. The van der Waals surface area contributed by atoms with E-state index in [1.165, 1.54) is 12.3 Å². The van der Waals surface area contributed by atoms with Crippen molar-refractivity contribution in [2.24, 2.45) is 0 Å². The van der Waals surface area contributed by atoms with E-state index in [1.807, 2.05) is 6.07 Å². The van der Waals surface area contributed by atoms with Crippen LogP contribution in [0.2, 0.25) is 5.15 Å². The van der Waals surface area contributed by atoms with E-state index in [0.717, 1.165) is 16.9 Å². The number of aryl methyl sites for hydroxylation is 1. The van der Waals surface area contributed by atoms with Crippen LogP contribution in [0.15, 0.2) is 30.5 Å². The third-order valence-corrected chi connectivity index (χ3v) is 8.33. The minimum atomic E-state index is -5.23. The maximum atomic E-state index is 12.7. The molecule has 0 saturated heterocycles. The molecule has 0 aliphatic rings. The number of thiazole rings is 1. The van der Waals surface area contributed by atoms with Gasteiger partial charge >= 0.3 is 12.1 Å². The van der Waals surface area contributed by atoms with Gasteiger partial charge < -0.3 is 19.5 Å². The Hall–Kier alpha value is -3.67. The largest absolute Gasteiger partial charge is 0.497 e. The number of nitrogens with one attached hydrogen (secondary N) is 3. The first-order chi connectivity index (χ1) is 20.2. The molecule has 18 heteroatoms. The number of halogens is 4. The van der Waals surface area contributed by atoms with Crippen LogP contribution in [0.5, 0.6) is 11.5 Å². The number of ether oxygens (including phenoxy) is 3. The number of aromatic nitrogens is 2. The van der Waals surface area contributed by atoms with E-state index in [-0.39, 0.29) is 28.1 Å². The Morgan fingerprint density at radius 1 is 1.14 bits per heavy atom. The second-order valence-corrected chi connectivity index (χ2v) is 11.9. The van der Waals surface area contributed by atoms with Crippen LogP contribution in [-0.4, -0.2) is 69.6 Å². The fourth-order valence-corrected chi connectivity index (χ4v) is 5.84. The number of esters is 1. The molecule has 3 aromatic rings. The molecule has 0 unspecified atom stereocenters. The molecule has 3 rings (SSSR count). The van der Waals surface area contributed by atoms with Gasteiger partial charge in [0.1, 0.15) is 11.5 Å². The zero-order chi connectivity index (χ0) is 31.8. The van der Waals surface area contributed by atoms with Crippen LogP contribution >= 0.6 is 22.9 Å². The van der Waals surface area contributed by atoms with E-state index >= 15 is 0 Å². The highest BCUT2D eigenvalue weighted by Gasteiger charge is 2.41. The molecule has 12 nitrogen and oxygen atoms in total. The number of carbonyl (C=O) groups is 2. The summed E-state index contributed by atoms with van der Waals surface area (Å²) in [5.74, 6) is -2.45. The van der Waals surface area contributed by atoms with Gasteiger partial charge in [-0.05, 0) is 32.0 Å². The van der Waals surface area contributed by atoms with Crippen molar-refractivity contribution < 1.29 is 45.4 Å². The van der Waals surface area contributed by atoms with Crippen molar-refractivity contribution in [3.63, 3.8) is 0 Å². The van der Waals surface area contributed by atoms with Gasteiger partial charge in [0.2, 0.25) is 10.0 Å². The lowest BCUT2D eigenvalue weighted by atomic mass is 10.2. The molecule has 43 heavy (non-hydrogen) atoms. The summed E-state index contributed by atoms with van der Waals surface area (Å²) in [6.45, 7) is 1.28. The molecule has 2 heterocycles. The maximum Gasteiger partial charge on any atom is 0.490 e. The van der Waals surface area contributed by atoms with Crippen LogP contribution in [0, 0.1) is 6.92 Å². The lowest BCUT2D eigenvalue weighted by Gasteiger charge is -2.12. The Morgan fingerprint density at radius 2 is 1.88 bits per heavy atom. The number of carbonyl (C=O) groups excluding carboxylic acids is 2. The molecule has 0 aliphatic heterocycles. The van der Waals surface area contributed by atoms with Crippen molar-refractivity contribution in [3.8, 4) is 21.9 Å². The summed E-state index contributed by atoms with van der Waals surface area (Å²) >= 11 is 7.08. The average Bonchev–Trinajstić information content (AvgIpc) is 3.31. The smallest absolute Gasteiger partial charge is 0.490 e. The second-order valence-electron chi connectivity index (χ2n) is 8.75. The highest BCUT2D eigenvalue weighted by Crippen LogP contribution is 2.35. The van der Waals surface area contributed by atoms with Crippen LogP contribution in [0.4, 0.5) is 24.0 Å². The Morgan fingerprint density at radius 3 is 2.56 bits per heavy atom. The molecular formula is C25H27ClF3N5O7S2. The molecule has 1 aromatic carbocycles. The van der Waals surface area contributed by atoms with Crippen LogP contribution in [0.25, 0.3) is 10.4 Å². The van der Waals surface area contributed by atoms with Crippen molar-refractivity contribution in [3.05, 3.63) is 46.9 Å². The van der Waals surface area contributed by atoms with Gasteiger partial charge in [-0.25, -0.2) is 23.2 Å². The standard InChI is InChI=1S/C25H27ClF3N5O7S2/c1-14-21(42-24(32-14)33-20(35)13-41-23(36)25(27,28)29)16-9-18(22(26)31-12-16)34-43(37,38)8-4-7-30-11-15-5-6-17(39-2)10-19(15)40-3/h5-6,9-10,12,30,34H,4,7-8,11,13H2,1-3H3,(H,32,33,35). The Bertz CT molecular complexity index is 1570. The predicted molar refractivity (Wildman–Crippen MR) is 154 cm³/mol. The normalized spacial score (nSPS) is 11.6. The van der Waals surface area contributed by atoms with Gasteiger partial charge in [-0.15, -0.1) is 0 Å². The lowest BCUT2D eigenvalue weighted by molar-refractivity contribution is -0.199. The molecular weight excluding hydrogens is 639 g/mol. The van der Waals surface area contributed by atoms with Crippen LogP contribution in [0.3, 0.4) is 0 Å². The average molecular weight is 666 g/mol. The quantitative estimate of drug-likeness (QED) is 0.130. The number of hydrogen-bond donors (Lipinski definition) is 3. The van der Waals surface area contributed by atoms with E-state index in [2.05, 4.69) is 30.1 Å². The molecule has 0 atom stereocenters. The van der Waals surface area contributed by atoms with Crippen molar-refractivity contribution in [1.29, 1.82) is 0 Å². The van der Waals surface area contributed by atoms with E-state index in [9.17, 15) is 31.2 Å². The zero-order valence-electron chi connectivity index (χ0n) is 23.0. The number of hydrogen-bond acceptors (Lipinski definition) is 11. The zero-order valence-corrected chi connectivity index (χ0v) is 25.4. The highest BCUT2D eigenvalue weighted by molar-refractivity contribution is 7.92. The Kier molecular flexibility index (Phi) is 11.5. The monoisotopic (exact) mass is 665 g/mol. The summed E-state index contributed by atoms with van der Waals surface area (Å²) in [6, 6.07) is 6.84. The molecule has 0 bridgehead atoms. The number of rotatable bonds is 14. The first kappa shape index (κ1) is 33.8. The van der Waals surface area contributed by atoms with Crippen molar-refractivity contribution >= 4 is 55.7 Å². The molecule has 3 N–H and O–H groups in total. The number of benzene rings is 1. The molecule has 0 fully saturated rings. The maximum absolute atomic E-state index is 12.7. The van der Waals surface area contributed by atoms with Gasteiger partial charge in [0.05, 0.1) is 36.2 Å². The SMILES string of the molecule is COc1ccc(CNCCCS(=O)(=O)Nc2cc(-c3sc(NC(=O)COC(=O)C(F)(F)F)nc3C)cnc2Cl)c(OC)c1. The summed E-state index contributed by atoms with van der Waals surface area (Å²) in [4.78, 5) is 31.3. The highest BCUT2D eigenvalue weighted by atomic mass is 35.5. The third-order valence-electron chi connectivity index (χ3n) is 5.55. The van der Waals surface area contributed by atoms with Gasteiger partial charge in [-0.3, -0.25) is 14.8 Å². The molecule has 0 radical (unpaired) electrons.